The molecule has 2 bridgehead atoms. The molecule has 2 aliphatic heterocycles. The highest BCUT2D eigenvalue weighted by Gasteiger charge is 2.29. The quantitative estimate of drug-likeness (QED) is 0.843. The van der Waals surface area contributed by atoms with Crippen LogP contribution in [0.5, 0.6) is 0 Å². The molecule has 0 aromatic carbocycles. The van der Waals surface area contributed by atoms with Crippen LogP contribution in [0.2, 0.25) is 0 Å². The number of anilines is 1. The van der Waals surface area contributed by atoms with E-state index in [4.69, 9.17) is 4.52 Å². The lowest BCUT2D eigenvalue weighted by Crippen LogP contribution is -2.39. The van der Waals surface area contributed by atoms with Crippen molar-refractivity contribution in [3.8, 4) is 0 Å². The summed E-state index contributed by atoms with van der Waals surface area (Å²) in [6, 6.07) is 2.93. The van der Waals surface area contributed by atoms with Crippen LogP contribution in [-0.4, -0.2) is 47.7 Å². The molecule has 1 aromatic rings. The van der Waals surface area contributed by atoms with Crippen LogP contribution < -0.4 is 10.6 Å². The fourth-order valence-electron chi connectivity index (χ4n) is 2.97. The van der Waals surface area contributed by atoms with E-state index in [2.05, 4.69) is 20.7 Å². The Hall–Kier alpha value is -1.40. The molecule has 104 valence electrons. The van der Waals surface area contributed by atoms with Crippen LogP contribution in [0.15, 0.2) is 10.6 Å². The maximum Gasteiger partial charge on any atom is 0.239 e. The number of hydrogen-bond donors (Lipinski definition) is 2. The number of fused-ring (bicyclic) bond motifs is 2. The molecule has 2 atom stereocenters. The molecule has 3 heterocycles. The maximum atomic E-state index is 12.0. The van der Waals surface area contributed by atoms with E-state index < -0.39 is 0 Å². The summed E-state index contributed by atoms with van der Waals surface area (Å²) >= 11 is 0. The van der Waals surface area contributed by atoms with Gasteiger partial charge in [-0.25, -0.2) is 0 Å². The molecule has 2 unspecified atom stereocenters. The second kappa shape index (κ2) is 5.30. The van der Waals surface area contributed by atoms with Crippen molar-refractivity contribution in [3.05, 3.63) is 11.8 Å². The Kier molecular flexibility index (Phi) is 3.52. The zero-order chi connectivity index (χ0) is 13.2. The van der Waals surface area contributed by atoms with Crippen molar-refractivity contribution in [2.24, 2.45) is 0 Å². The van der Waals surface area contributed by atoms with Gasteiger partial charge in [0.15, 0.2) is 5.82 Å². The topological polar surface area (TPSA) is 70.4 Å². The van der Waals surface area contributed by atoms with Gasteiger partial charge in [-0.2, -0.15) is 0 Å². The van der Waals surface area contributed by atoms with Gasteiger partial charge in [0, 0.05) is 31.2 Å². The van der Waals surface area contributed by atoms with Gasteiger partial charge in [-0.05, 0) is 26.2 Å². The van der Waals surface area contributed by atoms with Crippen molar-refractivity contribution in [1.82, 2.24) is 15.4 Å². The normalized spacial score (nSPS) is 27.2. The Morgan fingerprint density at radius 2 is 2.37 bits per heavy atom. The third kappa shape index (κ3) is 3.13. The van der Waals surface area contributed by atoms with Crippen LogP contribution in [0.4, 0.5) is 5.82 Å². The molecule has 1 aromatic heterocycles. The summed E-state index contributed by atoms with van der Waals surface area (Å²) in [5.74, 6) is 1.18. The number of likely N-dealkylation sites (tertiary alicyclic amines) is 1. The average Bonchev–Trinajstić information content (AvgIpc) is 2.89. The summed E-state index contributed by atoms with van der Waals surface area (Å²) in [5.41, 5.74) is 0. The molecule has 3 rings (SSSR count). The number of aryl methyl sites for hydroxylation is 1. The molecule has 0 aliphatic carbocycles. The highest BCUT2D eigenvalue weighted by molar-refractivity contribution is 5.91. The zero-order valence-electron chi connectivity index (χ0n) is 11.2. The lowest BCUT2D eigenvalue weighted by Gasteiger charge is -2.22. The SMILES string of the molecule is Cc1cc(NC(=O)CN2CCC3CCC(C2)N3)no1. The first kappa shape index (κ1) is 12.6. The molecule has 0 saturated carbocycles. The predicted octanol–water partition coefficient (Wildman–Crippen LogP) is 0.748. The van der Waals surface area contributed by atoms with Gasteiger partial charge >= 0.3 is 0 Å². The molecule has 1 amide bonds. The fourth-order valence-corrected chi connectivity index (χ4v) is 2.97. The van der Waals surface area contributed by atoms with Crippen molar-refractivity contribution in [1.29, 1.82) is 0 Å². The van der Waals surface area contributed by atoms with Crippen LogP contribution in [0.25, 0.3) is 0 Å². The first-order valence-corrected chi connectivity index (χ1v) is 6.90. The summed E-state index contributed by atoms with van der Waals surface area (Å²) < 4.78 is 4.93. The first-order chi connectivity index (χ1) is 9.19. The van der Waals surface area contributed by atoms with E-state index in [1.165, 1.54) is 12.8 Å². The standard InChI is InChI=1S/C13H20N4O2/c1-9-6-12(16-19-9)15-13(18)8-17-5-4-10-2-3-11(7-17)14-10/h6,10-11,14H,2-5,7-8H2,1H3,(H,15,16,18). The van der Waals surface area contributed by atoms with Crippen LogP contribution >= 0.6 is 0 Å². The van der Waals surface area contributed by atoms with Crippen LogP contribution in [0, 0.1) is 6.92 Å². The van der Waals surface area contributed by atoms with E-state index in [1.807, 2.05) is 0 Å². The summed E-state index contributed by atoms with van der Waals surface area (Å²) in [5, 5.41) is 10.1. The highest BCUT2D eigenvalue weighted by atomic mass is 16.5. The molecule has 0 radical (unpaired) electrons. The third-order valence-corrected chi connectivity index (χ3v) is 3.87. The van der Waals surface area contributed by atoms with Crippen molar-refractivity contribution in [2.45, 2.75) is 38.3 Å². The Morgan fingerprint density at radius 1 is 1.53 bits per heavy atom. The number of nitrogens with one attached hydrogen (secondary N) is 2. The molecule has 19 heavy (non-hydrogen) atoms. The number of nitrogens with zero attached hydrogens (tertiary/aromatic N) is 2. The van der Waals surface area contributed by atoms with Crippen LogP contribution in [0.3, 0.4) is 0 Å². The minimum Gasteiger partial charge on any atom is -0.360 e. The van der Waals surface area contributed by atoms with Gasteiger partial charge in [-0.3, -0.25) is 9.69 Å². The van der Waals surface area contributed by atoms with Crippen LogP contribution in [-0.2, 0) is 4.79 Å². The Morgan fingerprint density at radius 3 is 3.16 bits per heavy atom. The maximum absolute atomic E-state index is 12.0. The lowest BCUT2D eigenvalue weighted by molar-refractivity contribution is -0.117. The molecule has 6 nitrogen and oxygen atoms in total. The molecule has 6 heteroatoms. The van der Waals surface area contributed by atoms with Gasteiger partial charge in [0.2, 0.25) is 5.91 Å². The fraction of sp³-hybridized carbons (Fsp3) is 0.692. The summed E-state index contributed by atoms with van der Waals surface area (Å²) in [6.07, 6.45) is 3.64. The summed E-state index contributed by atoms with van der Waals surface area (Å²) in [4.78, 5) is 14.2. The van der Waals surface area contributed by atoms with Gasteiger partial charge in [0.05, 0.1) is 6.54 Å². The summed E-state index contributed by atoms with van der Waals surface area (Å²) in [6.45, 7) is 4.18. The van der Waals surface area contributed by atoms with Gasteiger partial charge < -0.3 is 15.2 Å². The monoisotopic (exact) mass is 264 g/mol. The molecule has 2 aliphatic rings. The largest absolute Gasteiger partial charge is 0.360 e. The van der Waals surface area contributed by atoms with E-state index >= 15 is 0 Å². The minimum absolute atomic E-state index is 0.0222. The summed E-state index contributed by atoms with van der Waals surface area (Å²) in [7, 11) is 0. The minimum atomic E-state index is -0.0222. The Balaban J connectivity index is 1.51. The molecular weight excluding hydrogens is 244 g/mol. The predicted molar refractivity (Wildman–Crippen MR) is 70.9 cm³/mol. The third-order valence-electron chi connectivity index (χ3n) is 3.87. The Bertz CT molecular complexity index is 459. The van der Waals surface area contributed by atoms with E-state index in [0.717, 1.165) is 19.5 Å². The number of carbonyl (C=O) groups excluding carboxylic acids is 1. The molecule has 2 fully saturated rings. The van der Waals surface area contributed by atoms with Gasteiger partial charge in [-0.1, -0.05) is 5.16 Å². The molecule has 2 N–H and O–H groups in total. The number of aromatic nitrogens is 1. The van der Waals surface area contributed by atoms with E-state index in [1.54, 1.807) is 13.0 Å². The van der Waals surface area contributed by atoms with Gasteiger partial charge in [-0.15, -0.1) is 0 Å². The lowest BCUT2D eigenvalue weighted by atomic mass is 10.1. The first-order valence-electron chi connectivity index (χ1n) is 6.90. The van der Waals surface area contributed by atoms with E-state index in [9.17, 15) is 4.79 Å². The number of hydrogen-bond acceptors (Lipinski definition) is 5. The van der Waals surface area contributed by atoms with Crippen molar-refractivity contribution < 1.29 is 9.32 Å². The molecule has 0 spiro atoms. The van der Waals surface area contributed by atoms with Crippen molar-refractivity contribution in [2.75, 3.05) is 25.0 Å². The number of carbonyl (C=O) groups is 1. The van der Waals surface area contributed by atoms with Crippen molar-refractivity contribution >= 4 is 11.7 Å². The van der Waals surface area contributed by atoms with E-state index in [-0.39, 0.29) is 5.91 Å². The second-order valence-corrected chi connectivity index (χ2v) is 5.53. The smallest absolute Gasteiger partial charge is 0.239 e. The number of amides is 1. The molecule has 2 saturated heterocycles. The number of rotatable bonds is 3. The molecular formula is C13H20N4O2. The zero-order valence-corrected chi connectivity index (χ0v) is 11.2. The average molecular weight is 264 g/mol. The van der Waals surface area contributed by atoms with Crippen molar-refractivity contribution in [3.63, 3.8) is 0 Å². The van der Waals surface area contributed by atoms with Gasteiger partial charge in [0.25, 0.3) is 0 Å². The van der Waals surface area contributed by atoms with Gasteiger partial charge in [0.1, 0.15) is 5.76 Å². The highest BCUT2D eigenvalue weighted by Crippen LogP contribution is 2.20. The Labute approximate surface area is 112 Å². The van der Waals surface area contributed by atoms with Crippen LogP contribution in [0.1, 0.15) is 25.0 Å². The second-order valence-electron chi connectivity index (χ2n) is 5.53. The van der Waals surface area contributed by atoms with E-state index in [0.29, 0.717) is 30.2 Å².